The van der Waals surface area contributed by atoms with Gasteiger partial charge in [0, 0.05) is 39.1 Å². The molecule has 0 bridgehead atoms. The highest BCUT2D eigenvalue weighted by molar-refractivity contribution is 6.22. The van der Waals surface area contributed by atoms with E-state index in [0.29, 0.717) is 0 Å². The molecule has 0 amide bonds. The van der Waals surface area contributed by atoms with Gasteiger partial charge in [-0.15, -0.1) is 0 Å². The topological polar surface area (TPSA) is 8.17 Å². The highest BCUT2D eigenvalue weighted by atomic mass is 15.1. The van der Waals surface area contributed by atoms with E-state index in [-0.39, 0.29) is 0 Å². The van der Waals surface area contributed by atoms with Crippen molar-refractivity contribution in [3.05, 3.63) is 291 Å². The van der Waals surface area contributed by atoms with Gasteiger partial charge in [0.2, 0.25) is 0 Å². The average Bonchev–Trinajstić information content (AvgIpc) is 3.83. The van der Waals surface area contributed by atoms with E-state index in [0.717, 1.165) is 33.9 Å². The molecule has 13 aromatic carbocycles. The van der Waals surface area contributed by atoms with Gasteiger partial charge in [-0.05, 0) is 149 Å². The highest BCUT2D eigenvalue weighted by Gasteiger charge is 2.21. The first-order valence-corrected chi connectivity index (χ1v) is 25.5. The van der Waals surface area contributed by atoms with Crippen LogP contribution in [0, 0.1) is 0 Å². The van der Waals surface area contributed by atoms with E-state index in [1.54, 1.807) is 0 Å². The largest absolute Gasteiger partial charge is 0.310 e. The number of nitrogens with zero attached hydrogens (tertiary/aromatic N) is 2. The summed E-state index contributed by atoms with van der Waals surface area (Å²) in [6, 6.07) is 106. The predicted octanol–water partition coefficient (Wildman–Crippen LogP) is 20.0. The van der Waals surface area contributed by atoms with Gasteiger partial charge in [0.15, 0.2) is 0 Å². The summed E-state index contributed by atoms with van der Waals surface area (Å²) in [6.45, 7) is 0. The van der Waals surface area contributed by atoms with Crippen LogP contribution in [0.15, 0.2) is 291 Å². The summed E-state index contributed by atoms with van der Waals surface area (Å²) < 4.78 is 2.43. The minimum Gasteiger partial charge on any atom is -0.310 e. The molecule has 0 aliphatic heterocycles. The van der Waals surface area contributed by atoms with Gasteiger partial charge in [0.25, 0.3) is 0 Å². The molecular weight excluding hydrogens is 893 g/mol. The molecule has 2 nitrogen and oxygen atoms in total. The number of hydrogen-bond donors (Lipinski definition) is 0. The van der Waals surface area contributed by atoms with E-state index in [4.69, 9.17) is 0 Å². The van der Waals surface area contributed by atoms with Crippen LogP contribution in [0.25, 0.3) is 115 Å². The van der Waals surface area contributed by atoms with Gasteiger partial charge in [0.05, 0.1) is 11.0 Å². The van der Waals surface area contributed by atoms with E-state index in [1.807, 2.05) is 0 Å². The smallest absolute Gasteiger partial charge is 0.0619 e. The molecular formula is C72H48N2. The van der Waals surface area contributed by atoms with E-state index < -0.39 is 0 Å². The molecule has 74 heavy (non-hydrogen) atoms. The summed E-state index contributed by atoms with van der Waals surface area (Å²) in [4.78, 5) is 2.40. The monoisotopic (exact) mass is 940 g/mol. The maximum absolute atomic E-state index is 2.43. The van der Waals surface area contributed by atoms with Crippen LogP contribution in [-0.2, 0) is 0 Å². The zero-order valence-corrected chi connectivity index (χ0v) is 40.6. The van der Waals surface area contributed by atoms with Crippen LogP contribution >= 0.6 is 0 Å². The first-order valence-electron chi connectivity index (χ1n) is 25.5. The standard InChI is InChI=1S/C72H48N2/c1-4-19-52(20-5-1)70-66-30-13-12-28-63(66)64-45-40-56(48-68(64)71(70)53-21-6-2-7-22-53)51-38-43-60(44-39-51)73(59-41-36-50(37-42-59)55-35-34-49-18-10-11-23-54(49)46-55)61-27-16-24-57(47-61)62-31-17-32-67-65-29-14-15-33-69(65)74(72(62)67)58-25-8-3-9-26-58/h1-48H. The number of fused-ring (bicyclic) bond motifs is 7. The van der Waals surface area contributed by atoms with Crippen molar-refractivity contribution in [2.24, 2.45) is 0 Å². The number of para-hydroxylation sites is 3. The van der Waals surface area contributed by atoms with E-state index in [2.05, 4.69) is 301 Å². The Morgan fingerprint density at radius 2 is 0.743 bits per heavy atom. The fraction of sp³-hybridized carbons (Fsp3) is 0. The second kappa shape index (κ2) is 18.1. The minimum absolute atomic E-state index is 1.07. The summed E-state index contributed by atoms with van der Waals surface area (Å²) in [5.74, 6) is 0. The highest BCUT2D eigenvalue weighted by Crippen LogP contribution is 2.47. The molecule has 0 unspecified atom stereocenters. The lowest BCUT2D eigenvalue weighted by atomic mass is 9.84. The average molecular weight is 941 g/mol. The van der Waals surface area contributed by atoms with Crippen molar-refractivity contribution in [3.63, 3.8) is 0 Å². The summed E-state index contributed by atoms with van der Waals surface area (Å²) in [5, 5.41) is 9.95. The number of hydrogen-bond acceptors (Lipinski definition) is 1. The summed E-state index contributed by atoms with van der Waals surface area (Å²) >= 11 is 0. The number of anilines is 3. The van der Waals surface area contributed by atoms with Crippen molar-refractivity contribution in [3.8, 4) is 61.3 Å². The third-order valence-corrected chi connectivity index (χ3v) is 14.9. The quantitative estimate of drug-likeness (QED) is 0.131. The molecule has 0 atom stereocenters. The van der Waals surface area contributed by atoms with Gasteiger partial charge in [-0.25, -0.2) is 0 Å². The molecule has 1 heterocycles. The Bertz CT molecular complexity index is 4380. The molecule has 0 saturated carbocycles. The first kappa shape index (κ1) is 43.1. The Morgan fingerprint density at radius 1 is 0.243 bits per heavy atom. The molecule has 1 aromatic heterocycles. The summed E-state index contributed by atoms with van der Waals surface area (Å²) in [6.07, 6.45) is 0. The van der Waals surface area contributed by atoms with Crippen molar-refractivity contribution in [2.45, 2.75) is 0 Å². The molecule has 346 valence electrons. The Morgan fingerprint density at radius 3 is 1.45 bits per heavy atom. The lowest BCUT2D eigenvalue weighted by molar-refractivity contribution is 1.18. The Kier molecular flexibility index (Phi) is 10.6. The molecule has 0 N–H and O–H groups in total. The van der Waals surface area contributed by atoms with Crippen molar-refractivity contribution in [1.29, 1.82) is 0 Å². The summed E-state index contributed by atoms with van der Waals surface area (Å²) in [5.41, 5.74) is 18.7. The van der Waals surface area contributed by atoms with E-state index in [9.17, 15) is 0 Å². The second-order valence-electron chi connectivity index (χ2n) is 19.2. The zero-order chi connectivity index (χ0) is 49.0. The van der Waals surface area contributed by atoms with Gasteiger partial charge in [-0.2, -0.15) is 0 Å². The molecule has 0 fully saturated rings. The minimum atomic E-state index is 1.07. The predicted molar refractivity (Wildman–Crippen MR) is 315 cm³/mol. The van der Waals surface area contributed by atoms with E-state index in [1.165, 1.54) is 98.6 Å². The Hall–Kier alpha value is -9.76. The van der Waals surface area contributed by atoms with Crippen molar-refractivity contribution >= 4 is 71.2 Å². The normalized spacial score (nSPS) is 11.5. The molecule has 0 aliphatic carbocycles. The lowest BCUT2D eigenvalue weighted by Gasteiger charge is -2.26. The van der Waals surface area contributed by atoms with E-state index >= 15 is 0 Å². The van der Waals surface area contributed by atoms with Crippen LogP contribution in [0.2, 0.25) is 0 Å². The zero-order valence-electron chi connectivity index (χ0n) is 40.6. The molecule has 0 radical (unpaired) electrons. The first-order chi connectivity index (χ1) is 36.7. The molecule has 14 aromatic rings. The SMILES string of the molecule is c1ccc(-c2c(-c3ccccc3)c3cc(-c4ccc(N(c5ccc(-c6ccc7ccccc7c6)cc5)c5cccc(-c6cccc7c8ccccc8n(-c8ccccc8)c67)c5)cc4)ccc3c3ccccc23)cc1. The van der Waals surface area contributed by atoms with Gasteiger partial charge in [0.1, 0.15) is 0 Å². The van der Waals surface area contributed by atoms with Crippen LogP contribution < -0.4 is 4.90 Å². The molecule has 0 spiro atoms. The van der Waals surface area contributed by atoms with Crippen LogP contribution in [0.1, 0.15) is 0 Å². The lowest BCUT2D eigenvalue weighted by Crippen LogP contribution is -2.10. The molecule has 0 saturated heterocycles. The molecule has 14 rings (SSSR count). The van der Waals surface area contributed by atoms with Crippen LogP contribution in [0.4, 0.5) is 17.1 Å². The third-order valence-electron chi connectivity index (χ3n) is 14.9. The third kappa shape index (κ3) is 7.43. The van der Waals surface area contributed by atoms with Crippen molar-refractivity contribution in [2.75, 3.05) is 4.90 Å². The fourth-order valence-electron chi connectivity index (χ4n) is 11.5. The Balaban J connectivity index is 0.916. The number of aromatic nitrogens is 1. The van der Waals surface area contributed by atoms with Crippen LogP contribution in [0.3, 0.4) is 0 Å². The van der Waals surface area contributed by atoms with Crippen LogP contribution in [-0.4, -0.2) is 4.57 Å². The molecule has 0 aliphatic rings. The van der Waals surface area contributed by atoms with Gasteiger partial charge < -0.3 is 9.47 Å². The maximum atomic E-state index is 2.43. The van der Waals surface area contributed by atoms with Gasteiger partial charge in [-0.3, -0.25) is 0 Å². The molecule has 2 heteroatoms. The van der Waals surface area contributed by atoms with Crippen molar-refractivity contribution < 1.29 is 0 Å². The Labute approximate surface area is 430 Å². The van der Waals surface area contributed by atoms with Crippen molar-refractivity contribution in [1.82, 2.24) is 4.57 Å². The maximum Gasteiger partial charge on any atom is 0.0619 e. The van der Waals surface area contributed by atoms with Gasteiger partial charge >= 0.3 is 0 Å². The fourth-order valence-corrected chi connectivity index (χ4v) is 11.5. The van der Waals surface area contributed by atoms with Crippen LogP contribution in [0.5, 0.6) is 0 Å². The number of rotatable bonds is 9. The second-order valence-corrected chi connectivity index (χ2v) is 19.2. The van der Waals surface area contributed by atoms with Gasteiger partial charge in [-0.1, -0.05) is 224 Å². The summed E-state index contributed by atoms with van der Waals surface area (Å²) in [7, 11) is 0. The number of benzene rings is 13.